The smallest absolute Gasteiger partial charge is 0.232 e. The van der Waals surface area contributed by atoms with Crippen molar-refractivity contribution in [3.8, 4) is 0 Å². The molecule has 18 heavy (non-hydrogen) atoms. The maximum Gasteiger partial charge on any atom is 0.232 e. The van der Waals surface area contributed by atoms with Crippen molar-refractivity contribution in [2.75, 3.05) is 19.3 Å². The molecular weight excluding hydrogens is 310 g/mol. The predicted octanol–water partition coefficient (Wildman–Crippen LogP) is 3.94. The molecule has 4 heteroatoms. The number of hydrogen-bond acceptors (Lipinski definition) is 2. The largest absolute Gasteiger partial charge is 0.345 e. The number of thioether (sulfide) groups is 1. The van der Waals surface area contributed by atoms with E-state index in [1.165, 1.54) is 5.56 Å². The molecule has 0 spiro atoms. The summed E-state index contributed by atoms with van der Waals surface area (Å²) in [5.74, 6) is 1.67. The molecule has 1 amide bonds. The van der Waals surface area contributed by atoms with Crippen LogP contribution in [0.4, 0.5) is 0 Å². The SMILES string of the molecule is CCCCN(C)C(=O)CSCc1cccc(Br)c1. The van der Waals surface area contributed by atoms with E-state index in [9.17, 15) is 4.79 Å². The minimum absolute atomic E-state index is 0.225. The highest BCUT2D eigenvalue weighted by Crippen LogP contribution is 2.17. The minimum Gasteiger partial charge on any atom is -0.345 e. The molecule has 1 rings (SSSR count). The molecule has 0 bridgehead atoms. The normalized spacial score (nSPS) is 10.4. The molecule has 0 aliphatic rings. The van der Waals surface area contributed by atoms with Crippen LogP contribution < -0.4 is 0 Å². The standard InChI is InChI=1S/C14H20BrNOS/c1-3-4-8-16(2)14(17)11-18-10-12-6-5-7-13(15)9-12/h5-7,9H,3-4,8,10-11H2,1-2H3. The Bertz CT molecular complexity index is 384. The lowest BCUT2D eigenvalue weighted by atomic mass is 10.2. The highest BCUT2D eigenvalue weighted by atomic mass is 79.9. The molecule has 0 saturated carbocycles. The number of amides is 1. The molecule has 1 aromatic carbocycles. The third-order valence-corrected chi connectivity index (χ3v) is 4.14. The van der Waals surface area contributed by atoms with Gasteiger partial charge in [-0.3, -0.25) is 4.79 Å². The highest BCUT2D eigenvalue weighted by Gasteiger charge is 2.07. The van der Waals surface area contributed by atoms with Crippen molar-refractivity contribution in [1.82, 2.24) is 4.90 Å². The Balaban J connectivity index is 2.27. The van der Waals surface area contributed by atoms with Gasteiger partial charge in [-0.25, -0.2) is 0 Å². The van der Waals surface area contributed by atoms with Gasteiger partial charge in [0.1, 0.15) is 0 Å². The highest BCUT2D eigenvalue weighted by molar-refractivity contribution is 9.10. The Kier molecular flexibility index (Phi) is 7.44. The Labute approximate surface area is 122 Å². The molecule has 2 nitrogen and oxygen atoms in total. The van der Waals surface area contributed by atoms with E-state index >= 15 is 0 Å². The first-order valence-corrected chi connectivity index (χ1v) is 8.14. The van der Waals surface area contributed by atoms with Crippen LogP contribution in [0.2, 0.25) is 0 Å². The molecule has 1 aromatic rings. The Morgan fingerprint density at radius 3 is 2.89 bits per heavy atom. The van der Waals surface area contributed by atoms with Gasteiger partial charge in [0.05, 0.1) is 5.75 Å². The second kappa shape index (κ2) is 8.59. The van der Waals surface area contributed by atoms with Crippen molar-refractivity contribution in [2.24, 2.45) is 0 Å². The number of rotatable bonds is 7. The van der Waals surface area contributed by atoms with E-state index < -0.39 is 0 Å². The van der Waals surface area contributed by atoms with E-state index in [0.717, 1.165) is 29.6 Å². The summed E-state index contributed by atoms with van der Waals surface area (Å²) in [5.41, 5.74) is 1.25. The van der Waals surface area contributed by atoms with E-state index in [0.29, 0.717) is 5.75 Å². The van der Waals surface area contributed by atoms with Crippen LogP contribution in [0.3, 0.4) is 0 Å². The zero-order valence-corrected chi connectivity index (χ0v) is 13.4. The fourth-order valence-electron chi connectivity index (χ4n) is 1.51. The monoisotopic (exact) mass is 329 g/mol. The van der Waals surface area contributed by atoms with Crippen LogP contribution in [-0.4, -0.2) is 30.2 Å². The summed E-state index contributed by atoms with van der Waals surface area (Å²) in [6, 6.07) is 8.22. The summed E-state index contributed by atoms with van der Waals surface area (Å²) in [6.07, 6.45) is 2.21. The lowest BCUT2D eigenvalue weighted by Gasteiger charge is -2.16. The molecule has 0 saturated heterocycles. The quantitative estimate of drug-likeness (QED) is 0.755. The third-order valence-electron chi connectivity index (χ3n) is 2.66. The van der Waals surface area contributed by atoms with Crippen molar-refractivity contribution < 1.29 is 4.79 Å². The zero-order chi connectivity index (χ0) is 13.4. The van der Waals surface area contributed by atoms with Gasteiger partial charge in [0.2, 0.25) is 5.91 Å². The van der Waals surface area contributed by atoms with Crippen LogP contribution in [0.1, 0.15) is 25.3 Å². The van der Waals surface area contributed by atoms with Crippen molar-refractivity contribution in [3.63, 3.8) is 0 Å². The number of carbonyl (C=O) groups is 1. The van der Waals surface area contributed by atoms with Crippen LogP contribution in [0.25, 0.3) is 0 Å². The van der Waals surface area contributed by atoms with Gasteiger partial charge < -0.3 is 4.90 Å². The molecule has 0 aliphatic heterocycles. The lowest BCUT2D eigenvalue weighted by Crippen LogP contribution is -2.29. The van der Waals surface area contributed by atoms with Gasteiger partial charge in [-0.2, -0.15) is 0 Å². The lowest BCUT2D eigenvalue weighted by molar-refractivity contribution is -0.127. The summed E-state index contributed by atoms with van der Waals surface area (Å²) in [5, 5.41) is 0. The van der Waals surface area contributed by atoms with Crippen molar-refractivity contribution >= 4 is 33.6 Å². The van der Waals surface area contributed by atoms with Crippen LogP contribution >= 0.6 is 27.7 Å². The van der Waals surface area contributed by atoms with Crippen LogP contribution in [0.5, 0.6) is 0 Å². The Morgan fingerprint density at radius 2 is 2.22 bits per heavy atom. The van der Waals surface area contributed by atoms with Crippen LogP contribution in [-0.2, 0) is 10.5 Å². The molecule has 0 aliphatic carbocycles. The summed E-state index contributed by atoms with van der Waals surface area (Å²) >= 11 is 5.12. The number of hydrogen-bond donors (Lipinski definition) is 0. The molecule has 0 fully saturated rings. The minimum atomic E-state index is 0.225. The Morgan fingerprint density at radius 1 is 1.44 bits per heavy atom. The average Bonchev–Trinajstić information content (AvgIpc) is 2.35. The number of carbonyl (C=O) groups excluding carboxylic acids is 1. The summed E-state index contributed by atoms with van der Waals surface area (Å²) < 4.78 is 1.09. The molecule has 100 valence electrons. The fraction of sp³-hybridized carbons (Fsp3) is 0.500. The van der Waals surface area contributed by atoms with E-state index in [1.54, 1.807) is 11.8 Å². The summed E-state index contributed by atoms with van der Waals surface area (Å²) in [4.78, 5) is 13.6. The second-order valence-corrected chi connectivity index (χ2v) is 6.19. The first kappa shape index (κ1) is 15.6. The van der Waals surface area contributed by atoms with Gasteiger partial charge in [0.25, 0.3) is 0 Å². The average molecular weight is 330 g/mol. The van der Waals surface area contributed by atoms with Crippen molar-refractivity contribution in [3.05, 3.63) is 34.3 Å². The number of unbranched alkanes of at least 4 members (excludes halogenated alkanes) is 1. The first-order chi connectivity index (χ1) is 8.63. The third kappa shape index (κ3) is 5.91. The zero-order valence-electron chi connectivity index (χ0n) is 11.0. The maximum atomic E-state index is 11.8. The maximum absolute atomic E-state index is 11.8. The molecule has 0 N–H and O–H groups in total. The van der Waals surface area contributed by atoms with Gasteiger partial charge in [0.15, 0.2) is 0 Å². The molecular formula is C14H20BrNOS. The molecule has 0 unspecified atom stereocenters. The second-order valence-electron chi connectivity index (χ2n) is 4.29. The van der Waals surface area contributed by atoms with Crippen molar-refractivity contribution in [1.29, 1.82) is 0 Å². The molecule has 0 radical (unpaired) electrons. The van der Waals surface area contributed by atoms with Gasteiger partial charge in [0, 0.05) is 23.8 Å². The van der Waals surface area contributed by atoms with Gasteiger partial charge in [-0.15, -0.1) is 11.8 Å². The Hall–Kier alpha value is -0.480. The van der Waals surface area contributed by atoms with E-state index in [1.807, 2.05) is 24.1 Å². The van der Waals surface area contributed by atoms with Crippen molar-refractivity contribution in [2.45, 2.75) is 25.5 Å². The number of halogens is 1. The topological polar surface area (TPSA) is 20.3 Å². The van der Waals surface area contributed by atoms with Crippen LogP contribution in [0, 0.1) is 0 Å². The molecule has 0 aromatic heterocycles. The van der Waals surface area contributed by atoms with E-state index in [2.05, 4.69) is 35.0 Å². The van der Waals surface area contributed by atoms with Gasteiger partial charge >= 0.3 is 0 Å². The number of nitrogens with zero attached hydrogens (tertiary/aromatic N) is 1. The number of benzene rings is 1. The van der Waals surface area contributed by atoms with Crippen LogP contribution in [0.15, 0.2) is 28.7 Å². The van der Waals surface area contributed by atoms with Gasteiger partial charge in [-0.1, -0.05) is 41.4 Å². The summed E-state index contributed by atoms with van der Waals surface area (Å²) in [7, 11) is 1.89. The van der Waals surface area contributed by atoms with Gasteiger partial charge in [-0.05, 0) is 24.1 Å². The fourth-order valence-corrected chi connectivity index (χ4v) is 2.87. The summed E-state index contributed by atoms with van der Waals surface area (Å²) in [6.45, 7) is 3.01. The molecule has 0 heterocycles. The van der Waals surface area contributed by atoms with E-state index in [4.69, 9.17) is 0 Å². The molecule has 0 atom stereocenters. The van der Waals surface area contributed by atoms with E-state index in [-0.39, 0.29) is 5.91 Å². The first-order valence-electron chi connectivity index (χ1n) is 6.19. The predicted molar refractivity (Wildman–Crippen MR) is 82.8 cm³/mol.